The Hall–Kier alpha value is -1.35. The molecule has 0 spiro atoms. The summed E-state index contributed by atoms with van der Waals surface area (Å²) < 4.78 is 5.58. The van der Waals surface area contributed by atoms with Gasteiger partial charge in [-0.3, -0.25) is 4.79 Å². The molecule has 1 aromatic carbocycles. The van der Waals surface area contributed by atoms with Crippen molar-refractivity contribution in [2.24, 2.45) is 5.92 Å². The minimum absolute atomic E-state index is 0.0343. The number of Topliss-reactive ketones (excluding diaryl/α,β-unsaturated/α-hetero) is 1. The van der Waals surface area contributed by atoms with Crippen LogP contribution in [0.5, 0.6) is 5.75 Å². The van der Waals surface area contributed by atoms with Crippen molar-refractivity contribution in [3.8, 4) is 5.75 Å². The summed E-state index contributed by atoms with van der Waals surface area (Å²) in [6, 6.07) is 7.83. The van der Waals surface area contributed by atoms with Crippen LogP contribution in [0.25, 0.3) is 0 Å². The van der Waals surface area contributed by atoms with E-state index in [9.17, 15) is 4.79 Å². The van der Waals surface area contributed by atoms with Crippen LogP contribution in [0.2, 0.25) is 0 Å². The molecule has 1 rings (SSSR count). The molecular weight excluding hydrogens is 226 g/mol. The monoisotopic (exact) mass is 249 g/mol. The van der Waals surface area contributed by atoms with Crippen LogP contribution in [0.1, 0.15) is 38.1 Å². The summed E-state index contributed by atoms with van der Waals surface area (Å²) in [4.78, 5) is 11.7. The van der Waals surface area contributed by atoms with Crippen molar-refractivity contribution in [1.82, 2.24) is 5.32 Å². The number of nitrogens with one attached hydrogen (secondary N) is 1. The molecule has 1 aromatic rings. The van der Waals surface area contributed by atoms with E-state index < -0.39 is 0 Å². The first kappa shape index (κ1) is 14.7. The standard InChI is InChI=1S/C15H23NO2/c1-11(2)15(17)13-5-7-14(8-6-13)18-10-9-16-12(3)4/h5-8,11-12,16H,9-10H2,1-4H3. The number of ether oxygens (including phenoxy) is 1. The molecule has 18 heavy (non-hydrogen) atoms. The van der Waals surface area contributed by atoms with Crippen molar-refractivity contribution in [2.45, 2.75) is 33.7 Å². The van der Waals surface area contributed by atoms with Crippen molar-refractivity contribution >= 4 is 5.78 Å². The summed E-state index contributed by atoms with van der Waals surface area (Å²) in [5, 5.41) is 3.28. The summed E-state index contributed by atoms with van der Waals surface area (Å²) in [7, 11) is 0. The van der Waals surface area contributed by atoms with E-state index in [1.165, 1.54) is 0 Å². The molecule has 0 unspecified atom stereocenters. The van der Waals surface area contributed by atoms with Crippen LogP contribution in [0.3, 0.4) is 0 Å². The average Bonchev–Trinajstić information content (AvgIpc) is 2.34. The number of benzene rings is 1. The average molecular weight is 249 g/mol. The van der Waals surface area contributed by atoms with Crippen molar-refractivity contribution in [1.29, 1.82) is 0 Å². The lowest BCUT2D eigenvalue weighted by atomic mass is 10.0. The molecule has 3 nitrogen and oxygen atoms in total. The fraction of sp³-hybridized carbons (Fsp3) is 0.533. The number of carbonyl (C=O) groups is 1. The second-order valence-corrected chi connectivity index (χ2v) is 5.00. The first-order chi connectivity index (χ1) is 8.50. The van der Waals surface area contributed by atoms with Gasteiger partial charge in [0.2, 0.25) is 0 Å². The van der Waals surface area contributed by atoms with E-state index in [1.807, 2.05) is 38.1 Å². The Kier molecular flexibility index (Phi) is 5.86. The summed E-state index contributed by atoms with van der Waals surface area (Å²) in [6.45, 7) is 9.48. The molecule has 0 radical (unpaired) electrons. The van der Waals surface area contributed by atoms with Gasteiger partial charge in [0.25, 0.3) is 0 Å². The molecule has 0 aliphatic rings. The molecule has 0 saturated carbocycles. The Bertz CT molecular complexity index is 369. The number of hydrogen-bond acceptors (Lipinski definition) is 3. The highest BCUT2D eigenvalue weighted by molar-refractivity contribution is 5.97. The third kappa shape index (κ3) is 4.88. The first-order valence-corrected chi connectivity index (χ1v) is 6.51. The van der Waals surface area contributed by atoms with E-state index in [1.54, 1.807) is 0 Å². The predicted molar refractivity (Wildman–Crippen MR) is 74.2 cm³/mol. The third-order valence-electron chi connectivity index (χ3n) is 2.59. The summed E-state index contributed by atoms with van der Waals surface area (Å²) in [6.07, 6.45) is 0. The maximum Gasteiger partial charge on any atom is 0.165 e. The molecule has 0 aliphatic carbocycles. The Morgan fingerprint density at radius 3 is 2.28 bits per heavy atom. The zero-order valence-corrected chi connectivity index (χ0v) is 11.7. The largest absolute Gasteiger partial charge is 0.492 e. The van der Waals surface area contributed by atoms with Crippen LogP contribution >= 0.6 is 0 Å². The second kappa shape index (κ2) is 7.17. The van der Waals surface area contributed by atoms with Gasteiger partial charge in [-0.15, -0.1) is 0 Å². The Morgan fingerprint density at radius 1 is 1.17 bits per heavy atom. The zero-order chi connectivity index (χ0) is 13.5. The van der Waals surface area contributed by atoms with Crippen LogP contribution in [-0.2, 0) is 0 Å². The SMILES string of the molecule is CC(C)NCCOc1ccc(C(=O)C(C)C)cc1. The molecule has 1 N–H and O–H groups in total. The van der Waals surface area contributed by atoms with Gasteiger partial charge in [-0.1, -0.05) is 27.7 Å². The summed E-state index contributed by atoms with van der Waals surface area (Å²) >= 11 is 0. The Labute approximate surface area is 110 Å². The van der Waals surface area contributed by atoms with Gasteiger partial charge in [-0.2, -0.15) is 0 Å². The minimum atomic E-state index is 0.0343. The van der Waals surface area contributed by atoms with E-state index in [0.29, 0.717) is 12.6 Å². The van der Waals surface area contributed by atoms with E-state index in [0.717, 1.165) is 17.9 Å². The molecule has 0 bridgehead atoms. The number of ketones is 1. The number of hydrogen-bond donors (Lipinski definition) is 1. The van der Waals surface area contributed by atoms with Gasteiger partial charge >= 0.3 is 0 Å². The predicted octanol–water partition coefficient (Wildman–Crippen LogP) is 2.90. The van der Waals surface area contributed by atoms with Crippen LogP contribution in [-0.4, -0.2) is 25.0 Å². The summed E-state index contributed by atoms with van der Waals surface area (Å²) in [5.74, 6) is 1.01. The fourth-order valence-corrected chi connectivity index (χ4v) is 1.57. The van der Waals surface area contributed by atoms with Gasteiger partial charge in [0.1, 0.15) is 12.4 Å². The third-order valence-corrected chi connectivity index (χ3v) is 2.59. The molecule has 0 amide bonds. The van der Waals surface area contributed by atoms with Crippen LogP contribution < -0.4 is 10.1 Å². The van der Waals surface area contributed by atoms with Gasteiger partial charge in [0, 0.05) is 24.1 Å². The zero-order valence-electron chi connectivity index (χ0n) is 11.7. The molecule has 0 aliphatic heterocycles. The van der Waals surface area contributed by atoms with E-state index >= 15 is 0 Å². The molecule has 100 valence electrons. The first-order valence-electron chi connectivity index (χ1n) is 6.51. The lowest BCUT2D eigenvalue weighted by Gasteiger charge is -2.10. The second-order valence-electron chi connectivity index (χ2n) is 5.00. The van der Waals surface area contributed by atoms with Gasteiger partial charge < -0.3 is 10.1 Å². The lowest BCUT2D eigenvalue weighted by molar-refractivity contribution is 0.0939. The Morgan fingerprint density at radius 2 is 1.78 bits per heavy atom. The highest BCUT2D eigenvalue weighted by atomic mass is 16.5. The quantitative estimate of drug-likeness (QED) is 0.596. The van der Waals surface area contributed by atoms with Gasteiger partial charge in [0.15, 0.2) is 5.78 Å². The van der Waals surface area contributed by atoms with Gasteiger partial charge in [-0.25, -0.2) is 0 Å². The molecule has 0 atom stereocenters. The van der Waals surface area contributed by atoms with Crippen molar-refractivity contribution in [3.05, 3.63) is 29.8 Å². The van der Waals surface area contributed by atoms with Crippen LogP contribution in [0.4, 0.5) is 0 Å². The maximum absolute atomic E-state index is 11.7. The van der Waals surface area contributed by atoms with E-state index in [2.05, 4.69) is 19.2 Å². The smallest absolute Gasteiger partial charge is 0.165 e. The molecule has 3 heteroatoms. The van der Waals surface area contributed by atoms with Crippen LogP contribution in [0.15, 0.2) is 24.3 Å². The van der Waals surface area contributed by atoms with E-state index in [4.69, 9.17) is 4.74 Å². The topological polar surface area (TPSA) is 38.3 Å². The minimum Gasteiger partial charge on any atom is -0.492 e. The fourth-order valence-electron chi connectivity index (χ4n) is 1.57. The van der Waals surface area contributed by atoms with Crippen molar-refractivity contribution in [3.63, 3.8) is 0 Å². The Balaban J connectivity index is 2.43. The highest BCUT2D eigenvalue weighted by Gasteiger charge is 2.09. The summed E-state index contributed by atoms with van der Waals surface area (Å²) in [5.41, 5.74) is 0.748. The van der Waals surface area contributed by atoms with Crippen LogP contribution in [0, 0.1) is 5.92 Å². The number of rotatable bonds is 7. The van der Waals surface area contributed by atoms with Gasteiger partial charge in [0.05, 0.1) is 0 Å². The van der Waals surface area contributed by atoms with Gasteiger partial charge in [-0.05, 0) is 24.3 Å². The lowest BCUT2D eigenvalue weighted by Crippen LogP contribution is -2.27. The maximum atomic E-state index is 11.7. The number of carbonyl (C=O) groups excluding carboxylic acids is 1. The van der Waals surface area contributed by atoms with E-state index in [-0.39, 0.29) is 11.7 Å². The molecule has 0 heterocycles. The van der Waals surface area contributed by atoms with Crippen molar-refractivity contribution < 1.29 is 9.53 Å². The normalized spacial score (nSPS) is 11.0. The molecule has 0 fully saturated rings. The molecular formula is C15H23NO2. The molecule has 0 aromatic heterocycles. The highest BCUT2D eigenvalue weighted by Crippen LogP contribution is 2.14. The molecule has 0 saturated heterocycles. The van der Waals surface area contributed by atoms with Crippen molar-refractivity contribution in [2.75, 3.05) is 13.2 Å².